The third-order valence-corrected chi connectivity index (χ3v) is 3.87. The topological polar surface area (TPSA) is 89.3 Å². The van der Waals surface area contributed by atoms with Gasteiger partial charge in [-0.2, -0.15) is 0 Å². The van der Waals surface area contributed by atoms with E-state index >= 15 is 0 Å². The van der Waals surface area contributed by atoms with Crippen LogP contribution in [0.15, 0.2) is 24.3 Å². The molecular formula is C10H11ClN2O3S2. The van der Waals surface area contributed by atoms with E-state index in [2.05, 4.69) is 17.5 Å². The lowest BCUT2D eigenvalue weighted by atomic mass is 10.3. The summed E-state index contributed by atoms with van der Waals surface area (Å²) in [5, 5.41) is 2.96. The van der Waals surface area contributed by atoms with E-state index in [1.807, 2.05) is 0 Å². The summed E-state index contributed by atoms with van der Waals surface area (Å²) in [7, 11) is -3.61. The summed E-state index contributed by atoms with van der Waals surface area (Å²) in [5.41, 5.74) is 5.60. The van der Waals surface area contributed by atoms with Crippen molar-refractivity contribution < 1.29 is 13.2 Å². The van der Waals surface area contributed by atoms with Crippen LogP contribution in [0.5, 0.6) is 0 Å². The Hall–Kier alpha value is -1.18. The molecule has 0 fully saturated rings. The molecule has 18 heavy (non-hydrogen) atoms. The van der Waals surface area contributed by atoms with Crippen molar-refractivity contribution in [2.24, 2.45) is 5.73 Å². The standard InChI is InChI=1S/C10H11ClN2O3S2/c11-7-1-3-8(4-2-7)13-10(14)6-18(15,16)5-9(12)17/h1-4H,5-6H2,(H2,12,17)(H,13,14). The molecule has 0 aliphatic carbocycles. The first-order valence-electron chi connectivity index (χ1n) is 4.83. The van der Waals surface area contributed by atoms with Crippen molar-refractivity contribution in [1.82, 2.24) is 0 Å². The number of thiocarbonyl (C=S) groups is 1. The highest BCUT2D eigenvalue weighted by Crippen LogP contribution is 2.13. The molecule has 0 atom stereocenters. The van der Waals surface area contributed by atoms with E-state index in [-0.39, 0.29) is 4.99 Å². The van der Waals surface area contributed by atoms with E-state index in [0.717, 1.165) is 0 Å². The van der Waals surface area contributed by atoms with Crippen molar-refractivity contribution in [2.75, 3.05) is 16.8 Å². The van der Waals surface area contributed by atoms with Gasteiger partial charge in [-0.15, -0.1) is 0 Å². The van der Waals surface area contributed by atoms with Crippen molar-refractivity contribution >= 4 is 50.2 Å². The minimum Gasteiger partial charge on any atom is -0.392 e. The molecule has 0 saturated carbocycles. The summed E-state index contributed by atoms with van der Waals surface area (Å²) in [6, 6.07) is 6.31. The number of sulfone groups is 1. The molecular weight excluding hydrogens is 296 g/mol. The zero-order valence-electron chi connectivity index (χ0n) is 9.22. The van der Waals surface area contributed by atoms with Crippen LogP contribution in [0.3, 0.4) is 0 Å². The average molecular weight is 307 g/mol. The molecule has 0 spiro atoms. The van der Waals surface area contributed by atoms with Crippen LogP contribution in [0.2, 0.25) is 5.02 Å². The van der Waals surface area contributed by atoms with Gasteiger partial charge in [0.1, 0.15) is 11.5 Å². The molecule has 0 heterocycles. The number of hydrogen-bond acceptors (Lipinski definition) is 4. The monoisotopic (exact) mass is 306 g/mol. The maximum absolute atomic E-state index is 11.5. The van der Waals surface area contributed by atoms with E-state index in [4.69, 9.17) is 17.3 Å². The van der Waals surface area contributed by atoms with Crippen molar-refractivity contribution in [2.45, 2.75) is 0 Å². The highest BCUT2D eigenvalue weighted by atomic mass is 35.5. The van der Waals surface area contributed by atoms with Gasteiger partial charge in [0.2, 0.25) is 5.91 Å². The van der Waals surface area contributed by atoms with Crippen LogP contribution in [0.25, 0.3) is 0 Å². The molecule has 1 aromatic carbocycles. The molecule has 0 aromatic heterocycles. The lowest BCUT2D eigenvalue weighted by molar-refractivity contribution is -0.113. The Labute approximate surface area is 115 Å². The summed E-state index contributed by atoms with van der Waals surface area (Å²) >= 11 is 10.2. The number of carbonyl (C=O) groups excluding carboxylic acids is 1. The summed E-state index contributed by atoms with van der Waals surface area (Å²) in [5.74, 6) is -1.78. The largest absolute Gasteiger partial charge is 0.392 e. The third kappa shape index (κ3) is 5.44. The number of carbonyl (C=O) groups is 1. The number of halogens is 1. The summed E-state index contributed by atoms with van der Waals surface area (Å²) in [4.78, 5) is 11.3. The number of hydrogen-bond donors (Lipinski definition) is 2. The number of benzene rings is 1. The number of nitrogens with two attached hydrogens (primary N) is 1. The van der Waals surface area contributed by atoms with Crippen LogP contribution in [-0.4, -0.2) is 30.8 Å². The molecule has 0 saturated heterocycles. The zero-order chi connectivity index (χ0) is 13.8. The predicted octanol–water partition coefficient (Wildman–Crippen LogP) is 0.979. The molecule has 1 rings (SSSR count). The number of rotatable bonds is 5. The van der Waals surface area contributed by atoms with E-state index in [9.17, 15) is 13.2 Å². The van der Waals surface area contributed by atoms with Crippen molar-refractivity contribution in [3.05, 3.63) is 29.3 Å². The minimum absolute atomic E-state index is 0.158. The van der Waals surface area contributed by atoms with Crippen LogP contribution in [0.1, 0.15) is 0 Å². The molecule has 0 aliphatic rings. The Morgan fingerprint density at radius 1 is 1.28 bits per heavy atom. The van der Waals surface area contributed by atoms with Gasteiger partial charge in [-0.25, -0.2) is 8.42 Å². The smallest absolute Gasteiger partial charge is 0.239 e. The lowest BCUT2D eigenvalue weighted by Gasteiger charge is -2.05. The third-order valence-electron chi connectivity index (χ3n) is 1.84. The van der Waals surface area contributed by atoms with Crippen molar-refractivity contribution in [3.63, 3.8) is 0 Å². The quantitative estimate of drug-likeness (QED) is 0.792. The van der Waals surface area contributed by atoms with Crippen LogP contribution in [0, 0.1) is 0 Å². The fraction of sp³-hybridized carbons (Fsp3) is 0.200. The normalized spacial score (nSPS) is 10.9. The molecule has 8 heteroatoms. The molecule has 1 aromatic rings. The van der Waals surface area contributed by atoms with Gasteiger partial charge in [-0.1, -0.05) is 23.8 Å². The second kappa shape index (κ2) is 6.12. The average Bonchev–Trinajstić information content (AvgIpc) is 2.18. The highest BCUT2D eigenvalue weighted by Gasteiger charge is 2.17. The molecule has 0 bridgehead atoms. The van der Waals surface area contributed by atoms with Crippen molar-refractivity contribution in [1.29, 1.82) is 0 Å². The molecule has 0 aliphatic heterocycles. The second-order valence-corrected chi connectivity index (χ2v) is 6.58. The Morgan fingerprint density at radius 2 is 1.83 bits per heavy atom. The maximum Gasteiger partial charge on any atom is 0.239 e. The number of amides is 1. The van der Waals surface area contributed by atoms with Crippen molar-refractivity contribution in [3.8, 4) is 0 Å². The van der Waals surface area contributed by atoms with Gasteiger partial charge in [0, 0.05) is 10.7 Å². The van der Waals surface area contributed by atoms with E-state index in [1.165, 1.54) is 0 Å². The summed E-state index contributed by atoms with van der Waals surface area (Å²) < 4.78 is 22.9. The SMILES string of the molecule is NC(=S)CS(=O)(=O)CC(=O)Nc1ccc(Cl)cc1. The summed E-state index contributed by atoms with van der Waals surface area (Å²) in [6.45, 7) is 0. The molecule has 3 N–H and O–H groups in total. The molecule has 1 amide bonds. The number of nitrogens with one attached hydrogen (secondary N) is 1. The fourth-order valence-electron chi connectivity index (χ4n) is 1.20. The predicted molar refractivity (Wildman–Crippen MR) is 75.5 cm³/mol. The number of anilines is 1. The molecule has 98 valence electrons. The van der Waals surface area contributed by atoms with Gasteiger partial charge < -0.3 is 11.1 Å². The Kier molecular flexibility index (Phi) is 5.06. The maximum atomic E-state index is 11.5. The lowest BCUT2D eigenvalue weighted by Crippen LogP contribution is -2.29. The van der Waals surface area contributed by atoms with E-state index in [0.29, 0.717) is 10.7 Å². The Morgan fingerprint density at radius 3 is 2.33 bits per heavy atom. The summed E-state index contributed by atoms with van der Waals surface area (Å²) in [6.07, 6.45) is 0. The highest BCUT2D eigenvalue weighted by molar-refractivity contribution is 7.94. The zero-order valence-corrected chi connectivity index (χ0v) is 11.6. The van der Waals surface area contributed by atoms with Crippen LogP contribution >= 0.6 is 23.8 Å². The Balaban J connectivity index is 2.62. The molecule has 0 radical (unpaired) electrons. The van der Waals surface area contributed by atoms with Crippen LogP contribution in [0.4, 0.5) is 5.69 Å². The first-order chi connectivity index (χ1) is 8.28. The van der Waals surface area contributed by atoms with Gasteiger partial charge in [0.15, 0.2) is 9.84 Å². The van der Waals surface area contributed by atoms with Gasteiger partial charge >= 0.3 is 0 Å². The van der Waals surface area contributed by atoms with E-state index in [1.54, 1.807) is 24.3 Å². The van der Waals surface area contributed by atoms with Gasteiger partial charge in [0.25, 0.3) is 0 Å². The molecule has 0 unspecified atom stereocenters. The molecule has 5 nitrogen and oxygen atoms in total. The van der Waals surface area contributed by atoms with Gasteiger partial charge in [0.05, 0.1) is 4.99 Å². The van der Waals surface area contributed by atoms with Gasteiger partial charge in [-0.3, -0.25) is 4.79 Å². The van der Waals surface area contributed by atoms with Crippen LogP contribution < -0.4 is 11.1 Å². The fourth-order valence-corrected chi connectivity index (χ4v) is 2.87. The first-order valence-corrected chi connectivity index (χ1v) is 7.43. The van der Waals surface area contributed by atoms with E-state index < -0.39 is 27.3 Å². The minimum atomic E-state index is -3.61. The first kappa shape index (κ1) is 14.9. The van der Waals surface area contributed by atoms with Gasteiger partial charge in [-0.05, 0) is 24.3 Å². The Bertz CT molecular complexity index is 555. The van der Waals surface area contributed by atoms with Crippen LogP contribution in [-0.2, 0) is 14.6 Å². The second-order valence-electron chi connectivity index (χ2n) is 3.55.